The third-order valence-electron chi connectivity index (χ3n) is 3.03. The minimum absolute atomic E-state index is 0.291. The second kappa shape index (κ2) is 5.96. The third-order valence-corrected chi connectivity index (χ3v) is 3.32. The zero-order valence-electron chi connectivity index (χ0n) is 11.6. The Kier molecular flexibility index (Phi) is 4.00. The molecule has 0 bridgehead atoms. The van der Waals surface area contributed by atoms with E-state index in [1.807, 2.05) is 24.3 Å². The first-order valence-electron chi connectivity index (χ1n) is 6.59. The van der Waals surface area contributed by atoms with Gasteiger partial charge in [0.25, 0.3) is 0 Å². The van der Waals surface area contributed by atoms with Crippen molar-refractivity contribution in [3.8, 4) is 5.75 Å². The van der Waals surface area contributed by atoms with Crippen LogP contribution in [0, 0.1) is 0 Å². The molecule has 3 aromatic rings. The van der Waals surface area contributed by atoms with Crippen LogP contribution >= 0.6 is 11.6 Å². The molecule has 0 saturated carbocycles. The summed E-state index contributed by atoms with van der Waals surface area (Å²) < 4.78 is 40.2. The van der Waals surface area contributed by atoms with E-state index in [0.717, 1.165) is 10.9 Å². The Bertz CT molecular complexity index is 835. The van der Waals surface area contributed by atoms with Gasteiger partial charge in [0, 0.05) is 11.1 Å². The van der Waals surface area contributed by atoms with E-state index in [1.54, 1.807) is 6.07 Å². The molecule has 3 rings (SSSR count). The molecule has 0 amide bonds. The summed E-state index contributed by atoms with van der Waals surface area (Å²) in [5.41, 5.74) is 1.31. The number of hydrogen-bond donors (Lipinski definition) is 1. The highest BCUT2D eigenvalue weighted by molar-refractivity contribution is 6.33. The van der Waals surface area contributed by atoms with Crippen molar-refractivity contribution >= 4 is 34.0 Å². The monoisotopic (exact) mass is 338 g/mol. The van der Waals surface area contributed by atoms with Crippen LogP contribution in [-0.4, -0.2) is 11.3 Å². The first-order chi connectivity index (χ1) is 10.9. The van der Waals surface area contributed by atoms with E-state index in [4.69, 9.17) is 11.6 Å². The number of nitrogens with one attached hydrogen (secondary N) is 1. The van der Waals surface area contributed by atoms with Gasteiger partial charge in [-0.2, -0.15) is 0 Å². The molecular weight excluding hydrogens is 329 g/mol. The molecule has 0 aliphatic heterocycles. The van der Waals surface area contributed by atoms with Gasteiger partial charge in [-0.3, -0.25) is 0 Å². The molecule has 118 valence electrons. The summed E-state index contributed by atoms with van der Waals surface area (Å²) in [7, 11) is 0. The van der Waals surface area contributed by atoms with Crippen molar-refractivity contribution in [1.29, 1.82) is 0 Å². The molecule has 1 N–H and O–H groups in total. The van der Waals surface area contributed by atoms with Gasteiger partial charge in [-0.15, -0.1) is 13.2 Å². The molecule has 0 spiro atoms. The first kappa shape index (κ1) is 15.4. The summed E-state index contributed by atoms with van der Waals surface area (Å²) >= 11 is 6.17. The molecule has 0 aliphatic rings. The van der Waals surface area contributed by atoms with Gasteiger partial charge in [0.05, 0.1) is 10.5 Å². The van der Waals surface area contributed by atoms with E-state index in [0.29, 0.717) is 16.5 Å². The van der Waals surface area contributed by atoms with Crippen molar-refractivity contribution in [2.45, 2.75) is 6.36 Å². The Morgan fingerprint density at radius 3 is 2.39 bits per heavy atom. The number of rotatable bonds is 3. The van der Waals surface area contributed by atoms with Gasteiger partial charge < -0.3 is 10.1 Å². The molecule has 0 saturated heterocycles. The van der Waals surface area contributed by atoms with E-state index >= 15 is 0 Å². The Labute approximate surface area is 134 Å². The molecule has 1 aromatic heterocycles. The zero-order valence-corrected chi connectivity index (χ0v) is 12.3. The number of aromatic nitrogens is 1. The Hall–Kier alpha value is -2.47. The fraction of sp³-hybridized carbons (Fsp3) is 0.0625. The summed E-state index contributed by atoms with van der Waals surface area (Å²) in [6.45, 7) is 0. The Morgan fingerprint density at radius 1 is 1.00 bits per heavy atom. The second-order valence-electron chi connectivity index (χ2n) is 4.71. The van der Waals surface area contributed by atoms with Crippen molar-refractivity contribution in [3.05, 3.63) is 59.6 Å². The number of pyridine rings is 1. The Balaban J connectivity index is 1.83. The maximum Gasteiger partial charge on any atom is 0.573 e. The van der Waals surface area contributed by atoms with Crippen molar-refractivity contribution in [2.75, 3.05) is 5.32 Å². The van der Waals surface area contributed by atoms with Crippen LogP contribution in [0.3, 0.4) is 0 Å². The lowest BCUT2D eigenvalue weighted by atomic mass is 10.2. The minimum atomic E-state index is -4.71. The van der Waals surface area contributed by atoms with Gasteiger partial charge in [0.2, 0.25) is 0 Å². The van der Waals surface area contributed by atoms with Crippen LogP contribution in [0.15, 0.2) is 54.6 Å². The van der Waals surface area contributed by atoms with Crippen LogP contribution in [0.1, 0.15) is 0 Å². The summed E-state index contributed by atoms with van der Waals surface area (Å²) in [5, 5.41) is 4.29. The fourth-order valence-electron chi connectivity index (χ4n) is 2.05. The lowest BCUT2D eigenvalue weighted by Crippen LogP contribution is -2.16. The van der Waals surface area contributed by atoms with Crippen LogP contribution in [-0.2, 0) is 0 Å². The van der Waals surface area contributed by atoms with Gasteiger partial charge in [-0.25, -0.2) is 4.98 Å². The minimum Gasteiger partial charge on any atom is -0.406 e. The third kappa shape index (κ3) is 3.84. The highest BCUT2D eigenvalue weighted by Gasteiger charge is 2.30. The van der Waals surface area contributed by atoms with Gasteiger partial charge in [-0.1, -0.05) is 29.8 Å². The highest BCUT2D eigenvalue weighted by Crippen LogP contribution is 2.29. The molecule has 7 heteroatoms. The van der Waals surface area contributed by atoms with Gasteiger partial charge in [0.1, 0.15) is 11.6 Å². The maximum atomic E-state index is 12.1. The molecule has 0 fully saturated rings. The van der Waals surface area contributed by atoms with Crippen LogP contribution in [0.5, 0.6) is 5.75 Å². The molecule has 3 nitrogen and oxygen atoms in total. The van der Waals surface area contributed by atoms with E-state index in [9.17, 15) is 13.2 Å². The number of halogens is 4. The normalized spacial score (nSPS) is 11.5. The van der Waals surface area contributed by atoms with Crippen molar-refractivity contribution in [1.82, 2.24) is 4.98 Å². The quantitative estimate of drug-likeness (QED) is 0.681. The van der Waals surface area contributed by atoms with E-state index in [1.165, 1.54) is 24.3 Å². The van der Waals surface area contributed by atoms with Crippen molar-refractivity contribution in [3.63, 3.8) is 0 Å². The SMILES string of the molecule is FC(F)(F)Oc1ccc(Nc2nc3ccccc3cc2Cl)cc1. The van der Waals surface area contributed by atoms with Gasteiger partial charge >= 0.3 is 6.36 Å². The zero-order chi connectivity index (χ0) is 16.4. The van der Waals surface area contributed by atoms with E-state index in [-0.39, 0.29) is 5.75 Å². The molecular formula is C16H10ClF3N2O. The average Bonchev–Trinajstić information content (AvgIpc) is 2.48. The molecule has 1 heterocycles. The van der Waals surface area contributed by atoms with E-state index in [2.05, 4.69) is 15.0 Å². The number of nitrogens with zero attached hydrogens (tertiary/aromatic N) is 1. The topological polar surface area (TPSA) is 34.1 Å². The first-order valence-corrected chi connectivity index (χ1v) is 6.97. The average molecular weight is 339 g/mol. The summed E-state index contributed by atoms with van der Waals surface area (Å²) in [6.07, 6.45) is -4.71. The van der Waals surface area contributed by atoms with Crippen LogP contribution in [0.25, 0.3) is 10.9 Å². The van der Waals surface area contributed by atoms with Crippen LogP contribution < -0.4 is 10.1 Å². The number of anilines is 2. The summed E-state index contributed by atoms with van der Waals surface area (Å²) in [5.74, 6) is 0.135. The maximum absolute atomic E-state index is 12.1. The number of alkyl halides is 3. The molecule has 0 radical (unpaired) electrons. The molecule has 23 heavy (non-hydrogen) atoms. The predicted molar refractivity (Wildman–Crippen MR) is 83.2 cm³/mol. The number of hydrogen-bond acceptors (Lipinski definition) is 3. The lowest BCUT2D eigenvalue weighted by Gasteiger charge is -2.11. The van der Waals surface area contributed by atoms with E-state index < -0.39 is 6.36 Å². The molecule has 0 atom stereocenters. The number of para-hydroxylation sites is 1. The number of ether oxygens (including phenoxy) is 1. The molecule has 2 aromatic carbocycles. The predicted octanol–water partition coefficient (Wildman–Crippen LogP) is 5.53. The van der Waals surface area contributed by atoms with Crippen LogP contribution in [0.4, 0.5) is 24.7 Å². The lowest BCUT2D eigenvalue weighted by molar-refractivity contribution is -0.274. The number of benzene rings is 2. The standard InChI is InChI=1S/C16H10ClF3N2O/c17-13-9-10-3-1-2-4-14(10)22-15(13)21-11-5-7-12(8-6-11)23-16(18,19)20/h1-9H,(H,21,22). The summed E-state index contributed by atoms with van der Waals surface area (Å²) in [6, 6.07) is 14.6. The fourth-order valence-corrected chi connectivity index (χ4v) is 2.26. The van der Waals surface area contributed by atoms with Crippen molar-refractivity contribution < 1.29 is 17.9 Å². The Morgan fingerprint density at radius 2 is 1.70 bits per heavy atom. The number of fused-ring (bicyclic) bond motifs is 1. The second-order valence-corrected chi connectivity index (χ2v) is 5.12. The van der Waals surface area contributed by atoms with Gasteiger partial charge in [0.15, 0.2) is 0 Å². The van der Waals surface area contributed by atoms with Gasteiger partial charge in [-0.05, 0) is 36.4 Å². The van der Waals surface area contributed by atoms with Crippen LogP contribution in [0.2, 0.25) is 5.02 Å². The summed E-state index contributed by atoms with van der Waals surface area (Å²) in [4.78, 5) is 4.40. The molecule has 0 unspecified atom stereocenters. The highest BCUT2D eigenvalue weighted by atomic mass is 35.5. The van der Waals surface area contributed by atoms with Crippen molar-refractivity contribution in [2.24, 2.45) is 0 Å². The smallest absolute Gasteiger partial charge is 0.406 e. The molecule has 0 aliphatic carbocycles. The largest absolute Gasteiger partial charge is 0.573 e.